The second kappa shape index (κ2) is 6.38. The van der Waals surface area contributed by atoms with Crippen LogP contribution < -0.4 is 4.90 Å². The topological polar surface area (TPSA) is 25.4 Å². The molecule has 0 unspecified atom stereocenters. The predicted molar refractivity (Wildman–Crippen MR) is 95.5 cm³/mol. The summed E-state index contributed by atoms with van der Waals surface area (Å²) in [5.74, 6) is 0. The van der Waals surface area contributed by atoms with Crippen LogP contribution in [0.3, 0.4) is 0 Å². The van der Waals surface area contributed by atoms with E-state index in [0.717, 1.165) is 17.6 Å². The van der Waals surface area contributed by atoms with Crippen molar-refractivity contribution in [2.45, 2.75) is 57.8 Å². The van der Waals surface area contributed by atoms with E-state index < -0.39 is 8.32 Å². The molecule has 0 N–H and O–H groups in total. The van der Waals surface area contributed by atoms with Crippen LogP contribution in [0.15, 0.2) is 22.9 Å². The van der Waals surface area contributed by atoms with Gasteiger partial charge in [0.2, 0.25) is 0 Å². The highest BCUT2D eigenvalue weighted by Gasteiger charge is 2.38. The molecule has 118 valence electrons. The number of pyridine rings is 1. The molecule has 1 aromatic rings. The monoisotopic (exact) mass is 370 g/mol. The van der Waals surface area contributed by atoms with Crippen molar-refractivity contribution < 1.29 is 4.43 Å². The van der Waals surface area contributed by atoms with Crippen molar-refractivity contribution in [3.05, 3.63) is 22.9 Å². The van der Waals surface area contributed by atoms with Crippen LogP contribution >= 0.6 is 15.9 Å². The van der Waals surface area contributed by atoms with E-state index in [4.69, 9.17) is 4.43 Å². The number of rotatable bonds is 4. The lowest BCUT2D eigenvalue weighted by atomic mass is 10.2. The molecule has 1 saturated heterocycles. The minimum atomic E-state index is -1.67. The third kappa shape index (κ3) is 4.08. The van der Waals surface area contributed by atoms with Crippen molar-refractivity contribution in [3.63, 3.8) is 0 Å². The number of aromatic nitrogens is 1. The molecule has 1 aromatic heterocycles. The summed E-state index contributed by atoms with van der Waals surface area (Å²) < 4.78 is 7.46. The maximum atomic E-state index is 6.42. The molecule has 2 rings (SSSR count). The van der Waals surface area contributed by atoms with Crippen molar-refractivity contribution in [1.29, 1.82) is 0 Å². The summed E-state index contributed by atoms with van der Waals surface area (Å²) in [6.45, 7) is 13.5. The van der Waals surface area contributed by atoms with E-state index in [2.05, 4.69) is 65.7 Å². The normalized spacial score (nSPS) is 20.1. The Kier molecular flexibility index (Phi) is 5.16. The maximum Gasteiger partial charge on any atom is 0.192 e. The molecule has 0 radical (unpaired) electrons. The molecule has 0 amide bonds. The van der Waals surface area contributed by atoms with Gasteiger partial charge >= 0.3 is 0 Å². The standard InChI is InChI=1S/C16H27BrN2OSi/c1-16(2,3)21(4,5)20-12-14-7-6-8-19(14)15-9-13(17)10-18-11-15/h9-11,14H,6-8,12H2,1-5H3/t14-/m0/s1. The summed E-state index contributed by atoms with van der Waals surface area (Å²) in [6.07, 6.45) is 6.23. The van der Waals surface area contributed by atoms with Crippen molar-refractivity contribution in [1.82, 2.24) is 4.98 Å². The molecular formula is C16H27BrN2OSi. The minimum absolute atomic E-state index is 0.272. The van der Waals surface area contributed by atoms with Crippen LogP contribution in [0.2, 0.25) is 18.1 Å². The number of anilines is 1. The van der Waals surface area contributed by atoms with Crippen LogP contribution in [0.5, 0.6) is 0 Å². The number of nitrogens with zero attached hydrogens (tertiary/aromatic N) is 2. The van der Waals surface area contributed by atoms with E-state index >= 15 is 0 Å². The number of hydrogen-bond donors (Lipinski definition) is 0. The first-order valence-corrected chi connectivity index (χ1v) is 11.4. The third-order valence-corrected chi connectivity index (χ3v) is 9.78. The second-order valence-corrected chi connectivity index (χ2v) is 13.1. The molecule has 0 bridgehead atoms. The fraction of sp³-hybridized carbons (Fsp3) is 0.688. The Balaban J connectivity index is 2.03. The zero-order chi connectivity index (χ0) is 15.7. The van der Waals surface area contributed by atoms with Gasteiger partial charge in [-0.1, -0.05) is 20.8 Å². The lowest BCUT2D eigenvalue weighted by Crippen LogP contribution is -2.44. The molecule has 0 spiro atoms. The molecule has 0 aliphatic carbocycles. The number of halogens is 1. The van der Waals surface area contributed by atoms with Crippen LogP contribution in [0.4, 0.5) is 5.69 Å². The Labute approximate surface area is 138 Å². The molecule has 21 heavy (non-hydrogen) atoms. The highest BCUT2D eigenvalue weighted by molar-refractivity contribution is 9.10. The van der Waals surface area contributed by atoms with Crippen LogP contribution in [-0.4, -0.2) is 32.5 Å². The molecule has 5 heteroatoms. The van der Waals surface area contributed by atoms with Crippen LogP contribution in [-0.2, 0) is 4.43 Å². The van der Waals surface area contributed by atoms with E-state index in [1.165, 1.54) is 18.5 Å². The fourth-order valence-electron chi connectivity index (χ4n) is 2.43. The van der Waals surface area contributed by atoms with Gasteiger partial charge in [0.25, 0.3) is 0 Å². The Morgan fingerprint density at radius 2 is 2.10 bits per heavy atom. The van der Waals surface area contributed by atoms with Gasteiger partial charge in [-0.15, -0.1) is 0 Å². The molecule has 0 aromatic carbocycles. The summed E-state index contributed by atoms with van der Waals surface area (Å²) in [5, 5.41) is 0.272. The zero-order valence-corrected chi connectivity index (χ0v) is 16.4. The molecule has 1 aliphatic rings. The first-order valence-electron chi connectivity index (χ1n) is 7.72. The first kappa shape index (κ1) is 17.0. The molecule has 3 nitrogen and oxygen atoms in total. The quantitative estimate of drug-likeness (QED) is 0.709. The average molecular weight is 371 g/mol. The van der Waals surface area contributed by atoms with E-state index in [1.807, 2.05) is 12.4 Å². The number of hydrogen-bond acceptors (Lipinski definition) is 3. The average Bonchev–Trinajstić information content (AvgIpc) is 2.83. The smallest absolute Gasteiger partial charge is 0.192 e. The van der Waals surface area contributed by atoms with E-state index in [-0.39, 0.29) is 5.04 Å². The zero-order valence-electron chi connectivity index (χ0n) is 13.8. The molecule has 2 heterocycles. The predicted octanol–water partition coefficient (Wildman–Crippen LogP) is 4.83. The van der Waals surface area contributed by atoms with Gasteiger partial charge in [-0.2, -0.15) is 0 Å². The highest BCUT2D eigenvalue weighted by Crippen LogP contribution is 2.37. The Morgan fingerprint density at radius 1 is 1.38 bits per heavy atom. The summed E-state index contributed by atoms with van der Waals surface area (Å²) in [5.41, 5.74) is 1.20. The molecule has 1 aliphatic heterocycles. The van der Waals surface area contributed by atoms with Gasteiger partial charge in [-0.3, -0.25) is 4.98 Å². The Hall–Kier alpha value is -0.393. The molecule has 1 fully saturated rings. The summed E-state index contributed by atoms with van der Waals surface area (Å²) in [4.78, 5) is 6.74. The van der Waals surface area contributed by atoms with Gasteiger partial charge in [-0.25, -0.2) is 0 Å². The van der Waals surface area contributed by atoms with E-state index in [1.54, 1.807) is 0 Å². The van der Waals surface area contributed by atoms with Gasteiger partial charge in [0.15, 0.2) is 8.32 Å². The summed E-state index contributed by atoms with van der Waals surface area (Å²) in [7, 11) is -1.67. The Bertz CT molecular complexity index is 487. The van der Waals surface area contributed by atoms with Gasteiger partial charge < -0.3 is 9.33 Å². The van der Waals surface area contributed by atoms with Crippen molar-refractivity contribution in [3.8, 4) is 0 Å². The lowest BCUT2D eigenvalue weighted by Gasteiger charge is -2.38. The van der Waals surface area contributed by atoms with E-state index in [9.17, 15) is 0 Å². The SMILES string of the molecule is CC(C)(C)[Si](C)(C)OC[C@@H]1CCCN1c1cncc(Br)c1. The van der Waals surface area contributed by atoms with Crippen molar-refractivity contribution in [2.75, 3.05) is 18.1 Å². The molecule has 1 atom stereocenters. The van der Waals surface area contributed by atoms with Crippen LogP contribution in [0.1, 0.15) is 33.6 Å². The Morgan fingerprint density at radius 3 is 2.71 bits per heavy atom. The van der Waals surface area contributed by atoms with E-state index in [0.29, 0.717) is 6.04 Å². The first-order chi connectivity index (χ1) is 9.71. The third-order valence-electron chi connectivity index (χ3n) is 4.84. The molecular weight excluding hydrogens is 344 g/mol. The van der Waals surface area contributed by atoms with Crippen molar-refractivity contribution in [2.24, 2.45) is 0 Å². The summed E-state index contributed by atoms with van der Waals surface area (Å²) in [6, 6.07) is 2.63. The van der Waals surface area contributed by atoms with Gasteiger partial charge in [0.05, 0.1) is 24.5 Å². The fourth-order valence-corrected chi connectivity index (χ4v) is 3.82. The van der Waals surface area contributed by atoms with Crippen molar-refractivity contribution >= 4 is 29.9 Å². The van der Waals surface area contributed by atoms with Crippen LogP contribution in [0.25, 0.3) is 0 Å². The molecule has 0 saturated carbocycles. The van der Waals surface area contributed by atoms with Gasteiger partial charge in [-0.05, 0) is 53.0 Å². The highest BCUT2D eigenvalue weighted by atomic mass is 79.9. The van der Waals surface area contributed by atoms with Crippen LogP contribution in [0, 0.1) is 0 Å². The van der Waals surface area contributed by atoms with Gasteiger partial charge in [0, 0.05) is 17.2 Å². The second-order valence-electron chi connectivity index (χ2n) is 7.42. The van der Waals surface area contributed by atoms with Gasteiger partial charge in [0.1, 0.15) is 0 Å². The summed E-state index contributed by atoms with van der Waals surface area (Å²) >= 11 is 3.51. The largest absolute Gasteiger partial charge is 0.415 e. The minimum Gasteiger partial charge on any atom is -0.415 e. The lowest BCUT2D eigenvalue weighted by molar-refractivity contribution is 0.263. The maximum absolute atomic E-state index is 6.42.